The number of carbonyl (C=O) groups excluding carboxylic acids is 1. The van der Waals surface area contributed by atoms with Crippen LogP contribution in [0, 0.1) is 11.7 Å². The van der Waals surface area contributed by atoms with Crippen LogP contribution in [0.1, 0.15) is 51.5 Å². The molecule has 0 aliphatic heterocycles. The SMILES string of the molecule is C=CC(=O)OCC(CC)CCCC.O=C(O)CCSc1ccc(C(F)(F)F)cc1F. The summed E-state index contributed by atoms with van der Waals surface area (Å²) in [5, 5.41) is 8.36. The predicted octanol–water partition coefficient (Wildman–Crippen LogP) is 6.34. The molecule has 0 aliphatic carbocycles. The Bertz CT molecular complexity index is 677. The second-order valence-electron chi connectivity index (χ2n) is 6.39. The number of rotatable bonds is 11. The van der Waals surface area contributed by atoms with Gasteiger partial charge in [0.05, 0.1) is 18.6 Å². The molecular weight excluding hydrogens is 424 g/mol. The molecule has 0 radical (unpaired) electrons. The maximum Gasteiger partial charge on any atom is 0.416 e. The van der Waals surface area contributed by atoms with Gasteiger partial charge < -0.3 is 9.84 Å². The first-order valence-corrected chi connectivity index (χ1v) is 10.5. The highest BCUT2D eigenvalue weighted by Crippen LogP contribution is 2.32. The van der Waals surface area contributed by atoms with E-state index in [1.807, 2.05) is 0 Å². The largest absolute Gasteiger partial charge is 0.481 e. The third-order valence-electron chi connectivity index (χ3n) is 4.00. The van der Waals surface area contributed by atoms with Gasteiger partial charge in [-0.05, 0) is 30.5 Å². The van der Waals surface area contributed by atoms with Gasteiger partial charge in [0.25, 0.3) is 0 Å². The van der Waals surface area contributed by atoms with Gasteiger partial charge >= 0.3 is 18.1 Å². The van der Waals surface area contributed by atoms with Crippen LogP contribution in [-0.4, -0.2) is 29.4 Å². The van der Waals surface area contributed by atoms with Crippen LogP contribution in [0.3, 0.4) is 0 Å². The predicted molar refractivity (Wildman–Crippen MR) is 109 cm³/mol. The van der Waals surface area contributed by atoms with Crippen molar-refractivity contribution in [3.05, 3.63) is 42.2 Å². The van der Waals surface area contributed by atoms with Crippen molar-refractivity contribution in [3.8, 4) is 0 Å². The Morgan fingerprint density at radius 3 is 2.43 bits per heavy atom. The van der Waals surface area contributed by atoms with E-state index < -0.39 is 23.5 Å². The van der Waals surface area contributed by atoms with Gasteiger partial charge in [-0.15, -0.1) is 11.8 Å². The number of esters is 1. The van der Waals surface area contributed by atoms with Crippen LogP contribution in [0.4, 0.5) is 17.6 Å². The smallest absolute Gasteiger partial charge is 0.416 e. The summed E-state index contributed by atoms with van der Waals surface area (Å²) in [7, 11) is 0. The van der Waals surface area contributed by atoms with E-state index in [9.17, 15) is 27.2 Å². The van der Waals surface area contributed by atoms with Crippen LogP contribution in [0.25, 0.3) is 0 Å². The maximum atomic E-state index is 13.2. The molecule has 1 aromatic rings. The summed E-state index contributed by atoms with van der Waals surface area (Å²) in [6, 6.07) is 2.18. The van der Waals surface area contributed by atoms with Gasteiger partial charge in [-0.3, -0.25) is 4.79 Å². The number of hydrogen-bond donors (Lipinski definition) is 1. The normalized spacial score (nSPS) is 11.8. The maximum absolute atomic E-state index is 13.2. The molecule has 0 fully saturated rings. The third-order valence-corrected chi connectivity index (χ3v) is 5.05. The van der Waals surface area contributed by atoms with Crippen LogP contribution in [0.5, 0.6) is 0 Å². The number of thioether (sulfide) groups is 1. The fourth-order valence-corrected chi connectivity index (χ4v) is 3.06. The van der Waals surface area contributed by atoms with E-state index in [1.54, 1.807) is 0 Å². The van der Waals surface area contributed by atoms with Crippen molar-refractivity contribution in [1.82, 2.24) is 0 Å². The van der Waals surface area contributed by atoms with Crippen molar-refractivity contribution in [1.29, 1.82) is 0 Å². The first-order chi connectivity index (χ1) is 14.0. The highest BCUT2D eigenvalue weighted by Gasteiger charge is 2.31. The average Bonchev–Trinajstić information content (AvgIpc) is 2.68. The molecule has 0 aromatic heterocycles. The number of carboxylic acids is 1. The highest BCUT2D eigenvalue weighted by atomic mass is 32.2. The number of halogens is 4. The Hall–Kier alpha value is -2.03. The lowest BCUT2D eigenvalue weighted by molar-refractivity contribution is -0.139. The monoisotopic (exact) mass is 452 g/mol. The number of carbonyl (C=O) groups is 2. The minimum absolute atomic E-state index is 0.0132. The van der Waals surface area contributed by atoms with Crippen LogP contribution in [-0.2, 0) is 20.5 Å². The zero-order valence-corrected chi connectivity index (χ0v) is 18.0. The van der Waals surface area contributed by atoms with Gasteiger partial charge in [0.15, 0.2) is 0 Å². The molecule has 30 heavy (non-hydrogen) atoms. The fraction of sp³-hybridized carbons (Fsp3) is 0.524. The Kier molecular flexibility index (Phi) is 13.9. The number of hydrogen-bond acceptors (Lipinski definition) is 4. The number of carboxylic acid groups (broad SMARTS) is 1. The summed E-state index contributed by atoms with van der Waals surface area (Å²) in [5.74, 6) is -1.71. The lowest BCUT2D eigenvalue weighted by Gasteiger charge is -2.13. The Morgan fingerprint density at radius 2 is 1.97 bits per heavy atom. The summed E-state index contributed by atoms with van der Waals surface area (Å²) >= 11 is 0.872. The van der Waals surface area contributed by atoms with E-state index >= 15 is 0 Å². The minimum Gasteiger partial charge on any atom is -0.481 e. The van der Waals surface area contributed by atoms with Crippen LogP contribution >= 0.6 is 11.8 Å². The van der Waals surface area contributed by atoms with E-state index in [2.05, 4.69) is 20.4 Å². The Balaban J connectivity index is 0.000000584. The molecule has 0 saturated carbocycles. The van der Waals surface area contributed by atoms with Crippen LogP contribution in [0.2, 0.25) is 0 Å². The number of aliphatic carboxylic acids is 1. The molecule has 4 nitrogen and oxygen atoms in total. The van der Waals surface area contributed by atoms with E-state index in [1.165, 1.54) is 18.9 Å². The molecule has 0 spiro atoms. The summed E-state index contributed by atoms with van der Waals surface area (Å²) in [5.41, 5.74) is -1.06. The standard InChI is InChI=1S/C11H20O2.C10H8F4O2S/c1-4-7-8-10(5-2)9-13-11(12)6-3;11-7-5-6(10(12,13)14)1-2-8(7)17-4-3-9(15)16/h6,10H,3-5,7-9H2,1-2H3;1-2,5H,3-4H2,(H,15,16). The summed E-state index contributed by atoms with van der Waals surface area (Å²) < 4.78 is 54.8. The number of unbranched alkanes of at least 4 members (excludes halogenated alkanes) is 1. The number of alkyl halides is 3. The third kappa shape index (κ3) is 12.5. The zero-order valence-electron chi connectivity index (χ0n) is 17.1. The topological polar surface area (TPSA) is 63.6 Å². The first kappa shape index (κ1) is 28.0. The van der Waals surface area contributed by atoms with Gasteiger partial charge in [0.2, 0.25) is 0 Å². The molecule has 1 rings (SSSR count). The van der Waals surface area contributed by atoms with E-state index in [0.29, 0.717) is 18.6 Å². The molecule has 170 valence electrons. The van der Waals surface area contributed by atoms with Crippen molar-refractivity contribution in [2.45, 2.75) is 57.0 Å². The molecule has 0 heterocycles. The van der Waals surface area contributed by atoms with Crippen LogP contribution < -0.4 is 0 Å². The Morgan fingerprint density at radius 1 is 1.30 bits per heavy atom. The van der Waals surface area contributed by atoms with Crippen molar-refractivity contribution in [2.75, 3.05) is 12.4 Å². The van der Waals surface area contributed by atoms with Crippen molar-refractivity contribution in [2.24, 2.45) is 5.92 Å². The molecule has 1 N–H and O–H groups in total. The summed E-state index contributed by atoms with van der Waals surface area (Å²) in [6.45, 7) is 8.19. The molecule has 1 unspecified atom stereocenters. The molecule has 1 atom stereocenters. The molecule has 0 bridgehead atoms. The highest BCUT2D eigenvalue weighted by molar-refractivity contribution is 7.99. The fourth-order valence-electron chi connectivity index (χ4n) is 2.20. The molecule has 0 aliphatic rings. The van der Waals surface area contributed by atoms with Gasteiger partial charge in [0, 0.05) is 16.7 Å². The second kappa shape index (κ2) is 14.9. The molecule has 1 aromatic carbocycles. The lowest BCUT2D eigenvalue weighted by Crippen LogP contribution is -2.12. The van der Waals surface area contributed by atoms with Crippen molar-refractivity contribution >= 4 is 23.7 Å². The van der Waals surface area contributed by atoms with Gasteiger partial charge in [-0.25, -0.2) is 9.18 Å². The summed E-state index contributed by atoms with van der Waals surface area (Å²) in [4.78, 5) is 21.0. The quantitative estimate of drug-likeness (QED) is 0.184. The minimum atomic E-state index is -4.58. The number of ether oxygens (including phenoxy) is 1. The first-order valence-electron chi connectivity index (χ1n) is 9.55. The van der Waals surface area contributed by atoms with Gasteiger partial charge in [0.1, 0.15) is 5.82 Å². The van der Waals surface area contributed by atoms with E-state index in [0.717, 1.165) is 36.7 Å². The second-order valence-corrected chi connectivity index (χ2v) is 7.52. The average molecular weight is 453 g/mol. The van der Waals surface area contributed by atoms with Crippen molar-refractivity contribution < 1.29 is 37.0 Å². The summed E-state index contributed by atoms with van der Waals surface area (Å²) in [6.07, 6.45) is 1.10. The molecular formula is C21H28F4O4S. The van der Waals surface area contributed by atoms with Crippen molar-refractivity contribution in [3.63, 3.8) is 0 Å². The molecule has 0 saturated heterocycles. The molecule has 0 amide bonds. The molecule has 9 heteroatoms. The zero-order chi connectivity index (χ0) is 23.2. The lowest BCUT2D eigenvalue weighted by atomic mass is 10.0. The van der Waals surface area contributed by atoms with Gasteiger partial charge in [-0.2, -0.15) is 13.2 Å². The Labute approximate surface area is 178 Å². The van der Waals surface area contributed by atoms with Crippen LogP contribution in [0.15, 0.2) is 35.7 Å². The van der Waals surface area contributed by atoms with E-state index in [-0.39, 0.29) is 23.0 Å². The number of benzene rings is 1. The van der Waals surface area contributed by atoms with Gasteiger partial charge in [-0.1, -0.05) is 39.7 Å². The van der Waals surface area contributed by atoms with E-state index in [4.69, 9.17) is 9.84 Å².